The van der Waals surface area contributed by atoms with E-state index in [9.17, 15) is 0 Å². The first kappa shape index (κ1) is 11.4. The van der Waals surface area contributed by atoms with Crippen molar-refractivity contribution in [1.82, 2.24) is 0 Å². The topological polar surface area (TPSA) is 0 Å². The molecule has 0 rings (SSSR count). The molecule has 1 unspecified atom stereocenters. The van der Waals surface area contributed by atoms with Gasteiger partial charge in [0.1, 0.15) is 0 Å². The third-order valence-electron chi connectivity index (χ3n) is 2.20. The Labute approximate surface area is 74.4 Å². The lowest BCUT2D eigenvalue weighted by molar-refractivity contribution is 0.496. The van der Waals surface area contributed by atoms with E-state index >= 15 is 0 Å². The zero-order valence-electron chi connectivity index (χ0n) is 8.32. The summed E-state index contributed by atoms with van der Waals surface area (Å²) in [5, 5.41) is 0.520. The Morgan fingerprint density at radius 2 is 1.36 bits per heavy atom. The SMILES string of the molecule is CCCCC(C)(P)CCCC. The molecule has 0 heterocycles. The number of hydrogen-bond donors (Lipinski definition) is 0. The van der Waals surface area contributed by atoms with Crippen molar-refractivity contribution in [2.75, 3.05) is 0 Å². The smallest absolute Gasteiger partial charge is 0.0178 e. The van der Waals surface area contributed by atoms with Gasteiger partial charge in [-0.25, -0.2) is 0 Å². The minimum atomic E-state index is 0.520. The molecule has 0 aliphatic carbocycles. The molecule has 0 saturated carbocycles. The zero-order valence-corrected chi connectivity index (χ0v) is 9.47. The first-order valence-corrected chi connectivity index (χ1v) is 5.49. The van der Waals surface area contributed by atoms with Crippen LogP contribution in [0.15, 0.2) is 0 Å². The van der Waals surface area contributed by atoms with Crippen LogP contribution in [0.25, 0.3) is 0 Å². The van der Waals surface area contributed by atoms with E-state index in [2.05, 4.69) is 30.0 Å². The largest absolute Gasteiger partial charge is 0.131 e. The summed E-state index contributed by atoms with van der Waals surface area (Å²) in [7, 11) is 3.02. The molecular formula is C10H23P. The van der Waals surface area contributed by atoms with E-state index in [0.717, 1.165) is 0 Å². The van der Waals surface area contributed by atoms with Crippen molar-refractivity contribution in [3.8, 4) is 0 Å². The van der Waals surface area contributed by atoms with E-state index in [1.54, 1.807) is 0 Å². The molecule has 0 radical (unpaired) electrons. The van der Waals surface area contributed by atoms with Crippen molar-refractivity contribution in [1.29, 1.82) is 0 Å². The fraction of sp³-hybridized carbons (Fsp3) is 1.00. The Balaban J connectivity index is 3.43. The van der Waals surface area contributed by atoms with Gasteiger partial charge in [-0.1, -0.05) is 46.5 Å². The predicted molar refractivity (Wildman–Crippen MR) is 57.2 cm³/mol. The third-order valence-corrected chi connectivity index (χ3v) is 2.78. The average molecular weight is 174 g/mol. The van der Waals surface area contributed by atoms with E-state index in [4.69, 9.17) is 0 Å². The molecule has 0 N–H and O–H groups in total. The van der Waals surface area contributed by atoms with Crippen LogP contribution < -0.4 is 0 Å². The van der Waals surface area contributed by atoms with Crippen LogP contribution in [0.3, 0.4) is 0 Å². The van der Waals surface area contributed by atoms with Gasteiger partial charge in [-0.05, 0) is 18.0 Å². The molecule has 0 saturated heterocycles. The highest BCUT2D eigenvalue weighted by Gasteiger charge is 2.15. The molecule has 0 bridgehead atoms. The van der Waals surface area contributed by atoms with Crippen LogP contribution >= 0.6 is 9.24 Å². The fourth-order valence-electron chi connectivity index (χ4n) is 1.29. The highest BCUT2D eigenvalue weighted by molar-refractivity contribution is 7.18. The van der Waals surface area contributed by atoms with Crippen LogP contribution in [0.4, 0.5) is 0 Å². The second kappa shape index (κ2) is 6.00. The number of hydrogen-bond acceptors (Lipinski definition) is 0. The Bertz CT molecular complexity index is 76.9. The first-order valence-electron chi connectivity index (χ1n) is 4.91. The molecule has 0 aliphatic rings. The molecule has 0 amide bonds. The van der Waals surface area contributed by atoms with E-state index in [1.807, 2.05) is 0 Å². The highest BCUT2D eigenvalue weighted by atomic mass is 31.0. The average Bonchev–Trinajstić information content (AvgIpc) is 1.97. The summed E-state index contributed by atoms with van der Waals surface area (Å²) in [5.74, 6) is 0. The Kier molecular flexibility index (Phi) is 6.24. The molecule has 1 atom stereocenters. The Morgan fingerprint density at radius 3 is 1.64 bits per heavy atom. The van der Waals surface area contributed by atoms with Crippen LogP contribution in [0.2, 0.25) is 0 Å². The number of rotatable bonds is 6. The van der Waals surface area contributed by atoms with Crippen molar-refractivity contribution in [3.63, 3.8) is 0 Å². The summed E-state index contributed by atoms with van der Waals surface area (Å²) in [6.07, 6.45) is 8.15. The second-order valence-corrected chi connectivity index (χ2v) is 5.25. The first-order chi connectivity index (χ1) is 5.12. The van der Waals surface area contributed by atoms with Crippen LogP contribution in [-0.4, -0.2) is 5.16 Å². The minimum absolute atomic E-state index is 0.520. The molecule has 1 heteroatoms. The van der Waals surface area contributed by atoms with E-state index < -0.39 is 0 Å². The molecule has 0 aromatic carbocycles. The summed E-state index contributed by atoms with van der Waals surface area (Å²) in [4.78, 5) is 0. The van der Waals surface area contributed by atoms with E-state index in [0.29, 0.717) is 5.16 Å². The monoisotopic (exact) mass is 174 g/mol. The van der Waals surface area contributed by atoms with Gasteiger partial charge < -0.3 is 0 Å². The van der Waals surface area contributed by atoms with Gasteiger partial charge in [-0.3, -0.25) is 0 Å². The molecule has 0 nitrogen and oxygen atoms in total. The molecule has 68 valence electrons. The lowest BCUT2D eigenvalue weighted by Crippen LogP contribution is -2.14. The summed E-state index contributed by atoms with van der Waals surface area (Å²) < 4.78 is 0. The van der Waals surface area contributed by atoms with Crippen LogP contribution in [0, 0.1) is 0 Å². The molecule has 0 aromatic heterocycles. The van der Waals surface area contributed by atoms with Gasteiger partial charge in [0, 0.05) is 0 Å². The molecule has 0 aliphatic heterocycles. The van der Waals surface area contributed by atoms with Crippen LogP contribution in [0.5, 0.6) is 0 Å². The van der Waals surface area contributed by atoms with Gasteiger partial charge in [0.2, 0.25) is 0 Å². The summed E-state index contributed by atoms with van der Waals surface area (Å²) in [6.45, 7) is 6.89. The molecule has 11 heavy (non-hydrogen) atoms. The van der Waals surface area contributed by atoms with Crippen molar-refractivity contribution in [2.24, 2.45) is 0 Å². The van der Waals surface area contributed by atoms with Gasteiger partial charge in [-0.15, -0.1) is 9.24 Å². The maximum Gasteiger partial charge on any atom is -0.0178 e. The Morgan fingerprint density at radius 1 is 1.00 bits per heavy atom. The maximum atomic E-state index is 3.02. The third kappa shape index (κ3) is 6.81. The number of unbranched alkanes of at least 4 members (excludes halogenated alkanes) is 2. The van der Waals surface area contributed by atoms with Crippen molar-refractivity contribution < 1.29 is 0 Å². The summed E-state index contributed by atoms with van der Waals surface area (Å²) in [6, 6.07) is 0. The van der Waals surface area contributed by atoms with E-state index in [-0.39, 0.29) is 0 Å². The van der Waals surface area contributed by atoms with Crippen molar-refractivity contribution >= 4 is 9.24 Å². The molecule has 0 aromatic rings. The van der Waals surface area contributed by atoms with Crippen molar-refractivity contribution in [3.05, 3.63) is 0 Å². The zero-order chi connectivity index (χ0) is 8.74. The van der Waals surface area contributed by atoms with Gasteiger partial charge in [-0.2, -0.15) is 0 Å². The van der Waals surface area contributed by atoms with Gasteiger partial charge >= 0.3 is 0 Å². The normalized spacial score (nSPS) is 12.0. The summed E-state index contributed by atoms with van der Waals surface area (Å²) >= 11 is 0. The van der Waals surface area contributed by atoms with Crippen molar-refractivity contribution in [2.45, 2.75) is 64.5 Å². The predicted octanol–water partition coefficient (Wildman–Crippen LogP) is 4.00. The summed E-state index contributed by atoms with van der Waals surface area (Å²) in [5.41, 5.74) is 0. The lowest BCUT2D eigenvalue weighted by atomic mass is 9.97. The van der Waals surface area contributed by atoms with Gasteiger partial charge in [0.05, 0.1) is 0 Å². The van der Waals surface area contributed by atoms with Gasteiger partial charge in [0.15, 0.2) is 0 Å². The maximum absolute atomic E-state index is 3.02. The molecule has 0 spiro atoms. The fourth-order valence-corrected chi connectivity index (χ4v) is 1.69. The van der Waals surface area contributed by atoms with Crippen LogP contribution in [-0.2, 0) is 0 Å². The standard InChI is InChI=1S/C10H23P/c1-4-6-8-10(3,11)9-7-5-2/h4-9,11H2,1-3H3. The Hall–Kier alpha value is 0.430. The van der Waals surface area contributed by atoms with Crippen LogP contribution in [0.1, 0.15) is 59.3 Å². The van der Waals surface area contributed by atoms with Gasteiger partial charge in [0.25, 0.3) is 0 Å². The second-order valence-electron chi connectivity index (χ2n) is 3.86. The lowest BCUT2D eigenvalue weighted by Gasteiger charge is -2.23. The molecule has 0 fully saturated rings. The molecular weight excluding hydrogens is 151 g/mol. The van der Waals surface area contributed by atoms with E-state index in [1.165, 1.54) is 38.5 Å². The highest BCUT2D eigenvalue weighted by Crippen LogP contribution is 2.30. The minimum Gasteiger partial charge on any atom is -0.131 e. The quantitative estimate of drug-likeness (QED) is 0.534.